The number of halogens is 2. The van der Waals surface area contributed by atoms with Crippen LogP contribution in [0.15, 0.2) is 41.3 Å². The molecule has 0 radical (unpaired) electrons. The van der Waals surface area contributed by atoms with Gasteiger partial charge in [-0.15, -0.1) is 0 Å². The van der Waals surface area contributed by atoms with Gasteiger partial charge in [0.15, 0.2) is 0 Å². The molecule has 6 nitrogen and oxygen atoms in total. The van der Waals surface area contributed by atoms with Crippen molar-refractivity contribution in [3.8, 4) is 5.75 Å². The van der Waals surface area contributed by atoms with Crippen LogP contribution < -0.4 is 9.88 Å². The minimum absolute atomic E-state index is 0.0567. The highest BCUT2D eigenvalue weighted by atomic mass is 35.5. The lowest BCUT2D eigenvalue weighted by Gasteiger charge is -2.10. The van der Waals surface area contributed by atoms with Crippen molar-refractivity contribution in [3.63, 3.8) is 0 Å². The predicted octanol–water partition coefficient (Wildman–Crippen LogP) is 2.49. The van der Waals surface area contributed by atoms with E-state index in [1.54, 1.807) is 0 Å². The highest BCUT2D eigenvalue weighted by Gasteiger charge is 2.17. The Morgan fingerprint density at radius 1 is 1.25 bits per heavy atom. The van der Waals surface area contributed by atoms with Crippen LogP contribution in [0, 0.1) is 5.82 Å². The van der Waals surface area contributed by atoms with Crippen LogP contribution >= 0.6 is 11.6 Å². The molecule has 0 heterocycles. The molecule has 0 aliphatic carbocycles. The maximum atomic E-state index is 13.3. The molecule has 2 rings (SSSR count). The molecule has 2 aromatic rings. The first kappa shape index (κ1) is 18.2. The van der Waals surface area contributed by atoms with Crippen LogP contribution in [0.5, 0.6) is 5.75 Å². The lowest BCUT2D eigenvalue weighted by molar-refractivity contribution is 0.0469. The third kappa shape index (κ3) is 4.22. The Labute approximate surface area is 143 Å². The summed E-state index contributed by atoms with van der Waals surface area (Å²) in [6.07, 6.45) is 0. The Bertz CT molecular complexity index is 885. The smallest absolute Gasteiger partial charge is 0.338 e. The average molecular weight is 374 g/mol. The number of hydrogen-bond donors (Lipinski definition) is 1. The Morgan fingerprint density at radius 3 is 2.58 bits per heavy atom. The van der Waals surface area contributed by atoms with Gasteiger partial charge >= 0.3 is 5.97 Å². The minimum Gasteiger partial charge on any atom is -0.496 e. The molecule has 0 unspecified atom stereocenters. The van der Waals surface area contributed by atoms with E-state index in [9.17, 15) is 17.6 Å². The van der Waals surface area contributed by atoms with Crippen LogP contribution in [0.3, 0.4) is 0 Å². The molecule has 2 aromatic carbocycles. The lowest BCUT2D eigenvalue weighted by atomic mass is 10.2. The van der Waals surface area contributed by atoms with Gasteiger partial charge in [0.1, 0.15) is 23.1 Å². The summed E-state index contributed by atoms with van der Waals surface area (Å²) in [6, 6.07) is 7.32. The largest absolute Gasteiger partial charge is 0.496 e. The van der Waals surface area contributed by atoms with E-state index < -0.39 is 21.8 Å². The Morgan fingerprint density at radius 2 is 1.96 bits per heavy atom. The van der Waals surface area contributed by atoms with Crippen molar-refractivity contribution in [2.45, 2.75) is 11.5 Å². The molecule has 0 amide bonds. The molecular weight excluding hydrogens is 361 g/mol. The number of rotatable bonds is 5. The average Bonchev–Trinajstić information content (AvgIpc) is 2.52. The fraction of sp³-hybridized carbons (Fsp3) is 0.133. The van der Waals surface area contributed by atoms with Gasteiger partial charge in [-0.1, -0.05) is 11.6 Å². The van der Waals surface area contributed by atoms with E-state index in [1.807, 2.05) is 0 Å². The van der Waals surface area contributed by atoms with Gasteiger partial charge in [0.05, 0.1) is 17.7 Å². The van der Waals surface area contributed by atoms with Gasteiger partial charge < -0.3 is 9.47 Å². The molecule has 0 fully saturated rings. The fourth-order valence-corrected chi connectivity index (χ4v) is 3.01. The molecule has 24 heavy (non-hydrogen) atoms. The number of carbonyl (C=O) groups excluding carboxylic acids is 1. The van der Waals surface area contributed by atoms with Crippen LogP contribution in [-0.2, 0) is 21.4 Å². The van der Waals surface area contributed by atoms with E-state index in [0.717, 1.165) is 6.07 Å². The first-order valence-electron chi connectivity index (χ1n) is 6.54. The second kappa shape index (κ2) is 7.16. The van der Waals surface area contributed by atoms with Crippen LogP contribution in [0.1, 0.15) is 15.9 Å². The Hall–Kier alpha value is -2.16. The molecule has 0 saturated carbocycles. The van der Waals surface area contributed by atoms with Crippen molar-refractivity contribution in [3.05, 3.63) is 58.4 Å². The highest BCUT2D eigenvalue weighted by molar-refractivity contribution is 7.89. The van der Waals surface area contributed by atoms with Crippen LogP contribution in [0.2, 0.25) is 5.02 Å². The monoisotopic (exact) mass is 373 g/mol. The number of nitrogens with two attached hydrogens (primary N) is 1. The molecule has 128 valence electrons. The molecule has 2 N–H and O–H groups in total. The van der Waals surface area contributed by atoms with Crippen molar-refractivity contribution in [1.82, 2.24) is 0 Å². The van der Waals surface area contributed by atoms with Gasteiger partial charge in [0.25, 0.3) is 0 Å². The molecular formula is C15H13ClFNO5S. The summed E-state index contributed by atoms with van der Waals surface area (Å²) in [6.45, 7) is -0.257. The van der Waals surface area contributed by atoms with Gasteiger partial charge in [-0.3, -0.25) is 0 Å². The lowest BCUT2D eigenvalue weighted by Crippen LogP contribution is -2.14. The molecule has 0 aliphatic rings. The summed E-state index contributed by atoms with van der Waals surface area (Å²) in [4.78, 5) is 11.7. The highest BCUT2D eigenvalue weighted by Crippen LogP contribution is 2.23. The van der Waals surface area contributed by atoms with E-state index in [-0.39, 0.29) is 22.1 Å². The Kier molecular flexibility index (Phi) is 5.43. The van der Waals surface area contributed by atoms with Crippen LogP contribution in [-0.4, -0.2) is 21.5 Å². The number of sulfonamides is 1. The normalized spacial score (nSPS) is 11.2. The molecule has 0 spiro atoms. The number of carbonyl (C=O) groups is 1. The first-order chi connectivity index (χ1) is 11.2. The van der Waals surface area contributed by atoms with Gasteiger partial charge in [-0.05, 0) is 36.4 Å². The number of esters is 1. The number of primary sulfonamides is 1. The second-order valence-electron chi connectivity index (χ2n) is 4.72. The third-order valence-electron chi connectivity index (χ3n) is 3.07. The minimum atomic E-state index is -4.08. The zero-order chi connectivity index (χ0) is 17.9. The van der Waals surface area contributed by atoms with Crippen molar-refractivity contribution < 1.29 is 27.1 Å². The number of ether oxygens (including phenoxy) is 2. The van der Waals surface area contributed by atoms with Gasteiger partial charge in [0, 0.05) is 5.56 Å². The van der Waals surface area contributed by atoms with Gasteiger partial charge in [-0.2, -0.15) is 0 Å². The van der Waals surface area contributed by atoms with E-state index in [4.69, 9.17) is 26.2 Å². The van der Waals surface area contributed by atoms with Crippen molar-refractivity contribution >= 4 is 27.6 Å². The quantitative estimate of drug-likeness (QED) is 0.812. The van der Waals surface area contributed by atoms with Crippen LogP contribution in [0.25, 0.3) is 0 Å². The summed E-state index contributed by atoms with van der Waals surface area (Å²) in [5, 5.41) is 4.91. The second-order valence-corrected chi connectivity index (χ2v) is 6.66. The summed E-state index contributed by atoms with van der Waals surface area (Å²) in [7, 11) is -2.68. The standard InChI is InChI=1S/C15H13ClFNO5S/c1-22-13-5-3-11(17)6-10(13)8-23-15(19)9-2-4-12(16)14(7-9)24(18,20)21/h2-7H,8H2,1H3,(H2,18,20,21). The molecule has 0 saturated heterocycles. The number of hydrogen-bond acceptors (Lipinski definition) is 5. The van der Waals surface area contributed by atoms with E-state index in [0.29, 0.717) is 11.3 Å². The van der Waals surface area contributed by atoms with E-state index >= 15 is 0 Å². The molecule has 0 aliphatic heterocycles. The fourth-order valence-electron chi connectivity index (χ4n) is 1.93. The van der Waals surface area contributed by atoms with Crippen molar-refractivity contribution in [1.29, 1.82) is 0 Å². The number of benzene rings is 2. The van der Waals surface area contributed by atoms with E-state index in [2.05, 4.69) is 0 Å². The van der Waals surface area contributed by atoms with Gasteiger partial charge in [0.2, 0.25) is 10.0 Å². The van der Waals surface area contributed by atoms with Crippen molar-refractivity contribution in [2.75, 3.05) is 7.11 Å². The predicted molar refractivity (Wildman–Crippen MR) is 84.9 cm³/mol. The third-order valence-corrected chi connectivity index (χ3v) is 4.47. The molecule has 0 aromatic heterocycles. The zero-order valence-corrected chi connectivity index (χ0v) is 14.0. The summed E-state index contributed by atoms with van der Waals surface area (Å²) < 4.78 is 46.2. The summed E-state index contributed by atoms with van der Waals surface area (Å²) in [5.74, 6) is -0.974. The van der Waals surface area contributed by atoms with Crippen molar-refractivity contribution in [2.24, 2.45) is 5.14 Å². The maximum absolute atomic E-state index is 13.3. The summed E-state index contributed by atoms with van der Waals surface area (Å²) in [5.41, 5.74) is 0.269. The maximum Gasteiger partial charge on any atom is 0.338 e. The molecule has 9 heteroatoms. The van der Waals surface area contributed by atoms with Crippen LogP contribution in [0.4, 0.5) is 4.39 Å². The zero-order valence-electron chi connectivity index (χ0n) is 12.5. The first-order valence-corrected chi connectivity index (χ1v) is 8.46. The topological polar surface area (TPSA) is 95.7 Å². The molecule has 0 atom stereocenters. The molecule has 0 bridgehead atoms. The SMILES string of the molecule is COc1ccc(F)cc1COC(=O)c1ccc(Cl)c(S(N)(=O)=O)c1. The van der Waals surface area contributed by atoms with Gasteiger partial charge in [-0.25, -0.2) is 22.7 Å². The summed E-state index contributed by atoms with van der Waals surface area (Å²) >= 11 is 5.75. The van der Waals surface area contributed by atoms with E-state index in [1.165, 1.54) is 37.4 Å². The Balaban J connectivity index is 2.21. The number of methoxy groups -OCH3 is 1.